The number of carbonyl (C=O) groups is 2. The maximum absolute atomic E-state index is 13.3. The third-order valence-corrected chi connectivity index (χ3v) is 7.70. The number of hydrogen-bond donors (Lipinski definition) is 3. The standard InChI is InChI=1S/C33H31N5O3/c1-19-8-12-26-22(16-19)14-15-38-32(36-26)29(31(34)39)30(37-38)23-9-10-24(20(2)17-23)18-35-33(40)28-25-7-5-4-6-21(25)11-13-27(28)41-3/h4-13,16-17,36H,14-15,18H2,1-3H3,(H2,34,39)(H,35,40). The zero-order chi connectivity index (χ0) is 28.7. The van der Waals surface area contributed by atoms with Crippen molar-refractivity contribution in [1.82, 2.24) is 15.1 Å². The van der Waals surface area contributed by atoms with Crippen LogP contribution in [0.3, 0.4) is 0 Å². The van der Waals surface area contributed by atoms with E-state index < -0.39 is 5.91 Å². The van der Waals surface area contributed by atoms with Gasteiger partial charge in [0.2, 0.25) is 0 Å². The predicted molar refractivity (Wildman–Crippen MR) is 161 cm³/mol. The highest BCUT2D eigenvalue weighted by Gasteiger charge is 2.26. The lowest BCUT2D eigenvalue weighted by molar-refractivity contribution is 0.0948. The van der Waals surface area contributed by atoms with E-state index in [1.54, 1.807) is 7.11 Å². The number of anilines is 2. The Morgan fingerprint density at radius 1 is 1.02 bits per heavy atom. The number of carbonyl (C=O) groups excluding carboxylic acids is 2. The van der Waals surface area contributed by atoms with Crippen LogP contribution < -0.4 is 21.1 Å². The van der Waals surface area contributed by atoms with E-state index in [2.05, 4.69) is 23.6 Å². The Morgan fingerprint density at radius 2 is 1.85 bits per heavy atom. The topological polar surface area (TPSA) is 111 Å². The van der Waals surface area contributed by atoms with Crippen LogP contribution in [0.1, 0.15) is 43.0 Å². The number of aromatic nitrogens is 2. The zero-order valence-corrected chi connectivity index (χ0v) is 23.2. The van der Waals surface area contributed by atoms with Crippen molar-refractivity contribution in [2.45, 2.75) is 33.4 Å². The van der Waals surface area contributed by atoms with Gasteiger partial charge < -0.3 is 21.1 Å². The SMILES string of the molecule is COc1ccc2ccccc2c1C(=O)NCc1ccc(-c2nn3c(c2C(N)=O)Nc2ccc(C)cc2CC3)cc1C. The van der Waals surface area contributed by atoms with Gasteiger partial charge in [0.1, 0.15) is 22.8 Å². The van der Waals surface area contributed by atoms with Crippen LogP contribution in [0.2, 0.25) is 0 Å². The van der Waals surface area contributed by atoms with Gasteiger partial charge in [-0.15, -0.1) is 0 Å². The molecule has 8 nitrogen and oxygen atoms in total. The number of hydrogen-bond acceptors (Lipinski definition) is 5. The van der Waals surface area contributed by atoms with Crippen molar-refractivity contribution in [2.75, 3.05) is 12.4 Å². The summed E-state index contributed by atoms with van der Waals surface area (Å²) in [6.45, 7) is 5.00. The predicted octanol–water partition coefficient (Wildman–Crippen LogP) is 5.66. The van der Waals surface area contributed by atoms with Crippen LogP contribution in [-0.2, 0) is 19.5 Å². The van der Waals surface area contributed by atoms with E-state index in [-0.39, 0.29) is 5.91 Å². The molecule has 0 spiro atoms. The second-order valence-electron chi connectivity index (χ2n) is 10.4. The summed E-state index contributed by atoms with van der Waals surface area (Å²) in [6.07, 6.45) is 0.787. The Bertz CT molecular complexity index is 1840. The molecule has 0 saturated heterocycles. The molecule has 0 radical (unpaired) electrons. The van der Waals surface area contributed by atoms with Gasteiger partial charge in [0.05, 0.1) is 12.7 Å². The lowest BCUT2D eigenvalue weighted by Gasteiger charge is -2.14. The van der Waals surface area contributed by atoms with Crippen LogP contribution in [-0.4, -0.2) is 28.7 Å². The van der Waals surface area contributed by atoms with Gasteiger partial charge in [-0.1, -0.05) is 60.2 Å². The molecule has 0 saturated carbocycles. The minimum atomic E-state index is -0.540. The van der Waals surface area contributed by atoms with Gasteiger partial charge in [0, 0.05) is 24.3 Å². The van der Waals surface area contributed by atoms with Crippen molar-refractivity contribution < 1.29 is 14.3 Å². The molecule has 2 amide bonds. The van der Waals surface area contributed by atoms with Crippen LogP contribution in [0.15, 0.2) is 72.8 Å². The number of methoxy groups -OCH3 is 1. The second-order valence-corrected chi connectivity index (χ2v) is 10.4. The maximum Gasteiger partial charge on any atom is 0.255 e. The Kier molecular flexibility index (Phi) is 6.67. The molecule has 206 valence electrons. The highest BCUT2D eigenvalue weighted by Crippen LogP contribution is 2.35. The van der Waals surface area contributed by atoms with Gasteiger partial charge >= 0.3 is 0 Å². The molecule has 0 unspecified atom stereocenters. The molecule has 4 aromatic carbocycles. The number of nitrogens with one attached hydrogen (secondary N) is 2. The van der Waals surface area contributed by atoms with Crippen LogP contribution in [0.5, 0.6) is 5.75 Å². The summed E-state index contributed by atoms with van der Waals surface area (Å²) < 4.78 is 7.33. The summed E-state index contributed by atoms with van der Waals surface area (Å²) in [5, 5.41) is 13.1. The molecule has 0 fully saturated rings. The van der Waals surface area contributed by atoms with Crippen LogP contribution >= 0.6 is 0 Å². The molecule has 41 heavy (non-hydrogen) atoms. The normalized spacial score (nSPS) is 12.2. The average Bonchev–Trinajstić information content (AvgIpc) is 3.24. The number of benzene rings is 4. The molecule has 2 heterocycles. The number of nitrogens with zero attached hydrogens (tertiary/aromatic N) is 2. The molecule has 4 N–H and O–H groups in total. The average molecular weight is 546 g/mol. The van der Waals surface area contributed by atoms with Crippen LogP contribution in [0.25, 0.3) is 22.0 Å². The molecular weight excluding hydrogens is 514 g/mol. The van der Waals surface area contributed by atoms with Gasteiger partial charge in [0.25, 0.3) is 11.8 Å². The fraction of sp³-hybridized carbons (Fsp3) is 0.182. The Labute approximate surface area is 238 Å². The molecule has 6 rings (SSSR count). The number of fused-ring (bicyclic) bond motifs is 3. The molecule has 1 aliphatic heterocycles. The Morgan fingerprint density at radius 3 is 2.63 bits per heavy atom. The number of ether oxygens (including phenoxy) is 1. The summed E-state index contributed by atoms with van der Waals surface area (Å²) in [7, 11) is 1.56. The van der Waals surface area contributed by atoms with Crippen molar-refractivity contribution >= 4 is 34.1 Å². The van der Waals surface area contributed by atoms with Gasteiger partial charge in [-0.05, 0) is 65.9 Å². The molecular formula is C33H31N5O3. The molecule has 0 aliphatic carbocycles. The Balaban J connectivity index is 1.28. The first-order valence-corrected chi connectivity index (χ1v) is 13.5. The fourth-order valence-electron chi connectivity index (χ4n) is 5.55. The van der Waals surface area contributed by atoms with Crippen LogP contribution in [0, 0.1) is 13.8 Å². The number of amides is 2. The van der Waals surface area contributed by atoms with Crippen LogP contribution in [0.4, 0.5) is 11.5 Å². The van der Waals surface area contributed by atoms with E-state index >= 15 is 0 Å². The Hall–Kier alpha value is -5.11. The summed E-state index contributed by atoms with van der Waals surface area (Å²) >= 11 is 0. The lowest BCUT2D eigenvalue weighted by atomic mass is 10.00. The quantitative estimate of drug-likeness (QED) is 0.255. The van der Waals surface area contributed by atoms with Crippen molar-refractivity contribution in [2.24, 2.45) is 5.73 Å². The number of primary amides is 1. The summed E-state index contributed by atoms with van der Waals surface area (Å²) in [4.78, 5) is 26.0. The van der Waals surface area contributed by atoms with Crippen molar-refractivity contribution in [3.05, 3.63) is 106 Å². The van der Waals surface area contributed by atoms with E-state index in [1.807, 2.05) is 78.3 Å². The third-order valence-electron chi connectivity index (χ3n) is 7.70. The molecule has 0 atom stereocenters. The van der Waals surface area contributed by atoms with E-state index in [4.69, 9.17) is 15.6 Å². The first-order valence-electron chi connectivity index (χ1n) is 13.5. The lowest BCUT2D eigenvalue weighted by Crippen LogP contribution is -2.24. The third kappa shape index (κ3) is 4.78. The maximum atomic E-state index is 13.3. The zero-order valence-electron chi connectivity index (χ0n) is 23.2. The summed E-state index contributed by atoms with van der Waals surface area (Å²) in [6, 6.07) is 23.6. The van der Waals surface area contributed by atoms with E-state index in [9.17, 15) is 9.59 Å². The number of rotatable bonds is 6. The monoisotopic (exact) mass is 545 g/mol. The highest BCUT2D eigenvalue weighted by atomic mass is 16.5. The summed E-state index contributed by atoms with van der Waals surface area (Å²) in [5.74, 6) is 0.381. The van der Waals surface area contributed by atoms with Gasteiger partial charge in [-0.2, -0.15) is 5.10 Å². The largest absolute Gasteiger partial charge is 0.496 e. The fourth-order valence-corrected chi connectivity index (χ4v) is 5.55. The first kappa shape index (κ1) is 26.1. The van der Waals surface area contributed by atoms with E-state index in [0.29, 0.717) is 41.5 Å². The van der Waals surface area contributed by atoms with E-state index in [0.717, 1.165) is 39.6 Å². The van der Waals surface area contributed by atoms with Gasteiger partial charge in [-0.3, -0.25) is 9.59 Å². The number of aryl methyl sites for hydroxylation is 4. The molecule has 0 bridgehead atoms. The molecule has 8 heteroatoms. The van der Waals surface area contributed by atoms with Crippen molar-refractivity contribution in [3.63, 3.8) is 0 Å². The minimum absolute atomic E-state index is 0.211. The van der Waals surface area contributed by atoms with Crippen molar-refractivity contribution in [1.29, 1.82) is 0 Å². The van der Waals surface area contributed by atoms with Gasteiger partial charge in [-0.25, -0.2) is 4.68 Å². The molecule has 1 aliphatic rings. The first-order chi connectivity index (χ1) is 19.8. The number of nitrogens with two attached hydrogens (primary N) is 1. The minimum Gasteiger partial charge on any atom is -0.496 e. The highest BCUT2D eigenvalue weighted by molar-refractivity contribution is 6.09. The molecule has 5 aromatic rings. The molecule has 1 aromatic heterocycles. The summed E-state index contributed by atoms with van der Waals surface area (Å²) in [5.41, 5.74) is 13.3. The van der Waals surface area contributed by atoms with Gasteiger partial charge in [0.15, 0.2) is 0 Å². The second kappa shape index (κ2) is 10.5. The van der Waals surface area contributed by atoms with E-state index in [1.165, 1.54) is 11.1 Å². The smallest absolute Gasteiger partial charge is 0.255 e. The van der Waals surface area contributed by atoms with Crippen molar-refractivity contribution in [3.8, 4) is 17.0 Å².